The van der Waals surface area contributed by atoms with Crippen molar-refractivity contribution in [2.24, 2.45) is 32.7 Å². The lowest BCUT2D eigenvalue weighted by Gasteiger charge is -2.29. The van der Waals surface area contributed by atoms with Crippen molar-refractivity contribution in [3.63, 3.8) is 0 Å². The Hall–Kier alpha value is -2.25. The highest BCUT2D eigenvalue weighted by Gasteiger charge is 2.43. The van der Waals surface area contributed by atoms with Crippen molar-refractivity contribution >= 4 is 17.9 Å². The number of hydrogen-bond donors (Lipinski definition) is 5. The van der Waals surface area contributed by atoms with Crippen molar-refractivity contribution in [2.75, 3.05) is 20.3 Å². The van der Waals surface area contributed by atoms with Gasteiger partial charge in [0.15, 0.2) is 0 Å². The molecule has 0 aromatic carbocycles. The Labute approximate surface area is 177 Å². The Kier molecular flexibility index (Phi) is 7.61. The van der Waals surface area contributed by atoms with E-state index in [2.05, 4.69) is 37.5 Å². The van der Waals surface area contributed by atoms with Crippen LogP contribution in [0.5, 0.6) is 0 Å². The summed E-state index contributed by atoms with van der Waals surface area (Å²) in [5.74, 6) is 6.97. The number of aliphatic imine (C=N–C) groups is 3. The van der Waals surface area contributed by atoms with E-state index in [9.17, 15) is 15.3 Å². The first-order valence-electron chi connectivity index (χ1n) is 10.4. The average molecular weight is 418 g/mol. The van der Waals surface area contributed by atoms with Crippen molar-refractivity contribution in [3.05, 3.63) is 12.0 Å². The van der Waals surface area contributed by atoms with E-state index in [-0.39, 0.29) is 24.4 Å². The first-order valence-corrected chi connectivity index (χ1v) is 10.4. The van der Waals surface area contributed by atoms with Gasteiger partial charge in [-0.3, -0.25) is 5.32 Å². The van der Waals surface area contributed by atoms with E-state index in [1.807, 2.05) is 19.9 Å². The zero-order valence-corrected chi connectivity index (χ0v) is 17.6. The zero-order valence-electron chi connectivity index (χ0n) is 17.6. The van der Waals surface area contributed by atoms with Crippen molar-refractivity contribution in [1.29, 1.82) is 0 Å². The molecule has 9 nitrogen and oxygen atoms in total. The minimum Gasteiger partial charge on any atom is -0.481 e. The topological polar surface area (TPSA) is 131 Å². The van der Waals surface area contributed by atoms with E-state index in [1.165, 1.54) is 0 Å². The zero-order chi connectivity index (χ0) is 21.7. The fourth-order valence-electron chi connectivity index (χ4n) is 3.88. The van der Waals surface area contributed by atoms with Crippen LogP contribution in [0.15, 0.2) is 26.9 Å². The summed E-state index contributed by atoms with van der Waals surface area (Å²) in [6, 6.07) is -0.396. The Morgan fingerprint density at radius 1 is 1.27 bits per heavy atom. The van der Waals surface area contributed by atoms with Crippen molar-refractivity contribution in [3.8, 4) is 11.8 Å². The van der Waals surface area contributed by atoms with E-state index >= 15 is 0 Å². The number of nitrogens with one attached hydrogen (secondary N) is 2. The lowest BCUT2D eigenvalue weighted by atomic mass is 9.97. The van der Waals surface area contributed by atoms with Gasteiger partial charge >= 0.3 is 0 Å². The second-order valence-corrected chi connectivity index (χ2v) is 7.75. The second-order valence-electron chi connectivity index (χ2n) is 7.75. The van der Waals surface area contributed by atoms with Crippen LogP contribution in [-0.4, -0.2) is 77.9 Å². The highest BCUT2D eigenvalue weighted by Crippen LogP contribution is 2.28. The van der Waals surface area contributed by atoms with Crippen LogP contribution in [0, 0.1) is 29.6 Å². The fraction of sp³-hybridized carbons (Fsp3) is 0.667. The van der Waals surface area contributed by atoms with Crippen LogP contribution in [0.1, 0.15) is 26.7 Å². The molecule has 0 spiro atoms. The Balaban J connectivity index is 1.77. The van der Waals surface area contributed by atoms with Crippen molar-refractivity contribution in [2.45, 2.75) is 51.1 Å². The predicted octanol–water partition coefficient (Wildman–Crippen LogP) is -0.357. The molecular weight excluding hydrogens is 386 g/mol. The lowest BCUT2D eigenvalue weighted by molar-refractivity contribution is -0.00130. The van der Waals surface area contributed by atoms with Gasteiger partial charge < -0.3 is 25.4 Å². The molecule has 3 aliphatic rings. The van der Waals surface area contributed by atoms with E-state index in [0.717, 1.165) is 12.1 Å². The highest BCUT2D eigenvalue weighted by atomic mass is 16.5. The summed E-state index contributed by atoms with van der Waals surface area (Å²) < 4.78 is 5.11. The van der Waals surface area contributed by atoms with Gasteiger partial charge in [-0.25, -0.2) is 15.0 Å². The lowest BCUT2D eigenvalue weighted by Crippen LogP contribution is -2.50. The number of rotatable bonds is 5. The number of allylic oxidation sites excluding steroid dienone is 1. The molecule has 1 saturated carbocycles. The summed E-state index contributed by atoms with van der Waals surface area (Å²) in [4.78, 5) is 13.4. The summed E-state index contributed by atoms with van der Waals surface area (Å²) in [5, 5.41) is 36.5. The molecule has 0 bridgehead atoms. The van der Waals surface area contributed by atoms with E-state index < -0.39 is 24.4 Å². The van der Waals surface area contributed by atoms with Crippen molar-refractivity contribution < 1.29 is 20.1 Å². The first-order chi connectivity index (χ1) is 14.5. The monoisotopic (exact) mass is 417 g/mol. The number of ether oxygens (including phenoxy) is 1. The summed E-state index contributed by atoms with van der Waals surface area (Å²) in [5.41, 5.74) is 0.818. The van der Waals surface area contributed by atoms with Crippen LogP contribution >= 0.6 is 0 Å². The van der Waals surface area contributed by atoms with Gasteiger partial charge in [0.25, 0.3) is 0 Å². The molecule has 9 heteroatoms. The number of guanidine groups is 1. The number of aliphatic hydroxyl groups excluding tert-OH is 3. The number of nitrogens with zero attached hydrogens (tertiary/aromatic N) is 3. The highest BCUT2D eigenvalue weighted by molar-refractivity contribution is 6.00. The maximum absolute atomic E-state index is 10.4. The van der Waals surface area contributed by atoms with Crippen LogP contribution in [0.4, 0.5) is 0 Å². The summed E-state index contributed by atoms with van der Waals surface area (Å²) >= 11 is 0. The minimum absolute atomic E-state index is 0.0193. The molecule has 0 amide bonds. The van der Waals surface area contributed by atoms with Crippen molar-refractivity contribution in [1.82, 2.24) is 10.6 Å². The molecule has 0 aromatic heterocycles. The number of methoxy groups -OCH3 is 1. The van der Waals surface area contributed by atoms with Crippen LogP contribution in [0.2, 0.25) is 0 Å². The molecule has 30 heavy (non-hydrogen) atoms. The molecule has 164 valence electrons. The standard InChI is InChI=1S/C21H31N5O4/c1-4-22-21-24-12(2)15(7-5-13-6-8-17(30-3)23-10-13)20(26-21)25-16-9-14(11-27)18(28)19(16)29/h8,10,13-16,18-20,25,27-29H,4,6,9,11H2,1-3H3,(H,22,26)/t13?,14-,15?,16-,18-,19+,20?/m1/s1. The summed E-state index contributed by atoms with van der Waals surface area (Å²) in [6.45, 7) is 4.39. The normalized spacial score (nSPS) is 35.7. The molecule has 2 aliphatic heterocycles. The van der Waals surface area contributed by atoms with Gasteiger partial charge in [-0.15, -0.1) is 0 Å². The second kappa shape index (κ2) is 10.2. The molecule has 1 fully saturated rings. The fourth-order valence-corrected chi connectivity index (χ4v) is 3.88. The largest absolute Gasteiger partial charge is 0.481 e. The van der Waals surface area contributed by atoms with Crippen LogP contribution in [0.25, 0.3) is 0 Å². The smallest absolute Gasteiger partial charge is 0.219 e. The van der Waals surface area contributed by atoms with Crippen LogP contribution in [0.3, 0.4) is 0 Å². The molecule has 5 N–H and O–H groups in total. The SMILES string of the molecule is CCNC1=NC(N[C@@H]2C[C@H](CO)[C@@H](O)[C@H]2O)C(C#CC2C=NC(OC)=CC2)C(C)=N1. The third kappa shape index (κ3) is 5.08. The van der Waals surface area contributed by atoms with Gasteiger partial charge in [-0.2, -0.15) is 0 Å². The van der Waals surface area contributed by atoms with E-state index in [1.54, 1.807) is 13.3 Å². The molecular formula is C21H31N5O4. The third-order valence-electron chi connectivity index (χ3n) is 5.63. The van der Waals surface area contributed by atoms with Crippen LogP contribution in [-0.2, 0) is 4.74 Å². The van der Waals surface area contributed by atoms with Gasteiger partial charge in [-0.05, 0) is 32.8 Å². The Morgan fingerprint density at radius 3 is 2.67 bits per heavy atom. The molecule has 1 aliphatic carbocycles. The Morgan fingerprint density at radius 2 is 2.07 bits per heavy atom. The Bertz CT molecular complexity index is 797. The molecule has 7 atom stereocenters. The van der Waals surface area contributed by atoms with Gasteiger partial charge in [0.1, 0.15) is 6.17 Å². The first kappa shape index (κ1) is 22.4. The predicted molar refractivity (Wildman–Crippen MR) is 115 cm³/mol. The third-order valence-corrected chi connectivity index (χ3v) is 5.63. The molecule has 0 aromatic rings. The van der Waals surface area contributed by atoms with E-state index in [0.29, 0.717) is 24.8 Å². The molecule has 0 saturated heterocycles. The summed E-state index contributed by atoms with van der Waals surface area (Å²) in [7, 11) is 1.59. The minimum atomic E-state index is -0.976. The molecule has 0 radical (unpaired) electrons. The maximum Gasteiger partial charge on any atom is 0.219 e. The molecule has 3 unspecified atom stereocenters. The number of hydrogen-bond acceptors (Lipinski definition) is 9. The van der Waals surface area contributed by atoms with Gasteiger partial charge in [0, 0.05) is 37.0 Å². The van der Waals surface area contributed by atoms with Gasteiger partial charge in [0.2, 0.25) is 11.8 Å². The maximum atomic E-state index is 10.4. The van der Waals surface area contributed by atoms with Crippen LogP contribution < -0.4 is 10.6 Å². The summed E-state index contributed by atoms with van der Waals surface area (Å²) in [6.07, 6.45) is 2.49. The number of aliphatic hydroxyl groups is 3. The van der Waals surface area contributed by atoms with Gasteiger partial charge in [0.05, 0.1) is 31.2 Å². The van der Waals surface area contributed by atoms with E-state index in [4.69, 9.17) is 4.74 Å². The molecule has 3 rings (SSSR count). The van der Waals surface area contributed by atoms with Gasteiger partial charge in [-0.1, -0.05) is 11.8 Å². The average Bonchev–Trinajstić information content (AvgIpc) is 3.01. The molecule has 2 heterocycles. The quantitative estimate of drug-likeness (QED) is 0.389.